The number of nitrogens with zero attached hydrogens (tertiary/aromatic N) is 5. The highest BCUT2D eigenvalue weighted by molar-refractivity contribution is 6.01. The fourth-order valence-electron chi connectivity index (χ4n) is 8.22. The fraction of sp³-hybridized carbons (Fsp3) is 0.486. The maximum absolute atomic E-state index is 16.9. The number of ether oxygens (including phenoxy) is 2. The van der Waals surface area contributed by atoms with Crippen molar-refractivity contribution in [1.82, 2.24) is 25.2 Å². The van der Waals surface area contributed by atoms with Crippen molar-refractivity contribution in [2.45, 2.75) is 69.2 Å². The molecule has 9 rings (SSSR count). The number of anilines is 1. The molecule has 1 amide bonds. The van der Waals surface area contributed by atoms with Gasteiger partial charge < -0.3 is 19.7 Å². The van der Waals surface area contributed by atoms with Gasteiger partial charge in [-0.3, -0.25) is 9.88 Å². The topological polar surface area (TPSA) is 92.7 Å². The van der Waals surface area contributed by atoms with Crippen LogP contribution in [0.5, 0.6) is 6.01 Å². The van der Waals surface area contributed by atoms with Gasteiger partial charge in [0.1, 0.15) is 41.2 Å². The van der Waals surface area contributed by atoms with E-state index in [9.17, 15) is 9.18 Å². The van der Waals surface area contributed by atoms with E-state index in [0.717, 1.165) is 24.8 Å². The van der Waals surface area contributed by atoms with Crippen LogP contribution in [0.3, 0.4) is 0 Å². The quantitative estimate of drug-likeness (QED) is 0.285. The number of carbonyl (C=O) groups excluding carboxylic acids is 1. The molecule has 0 unspecified atom stereocenters. The summed E-state index contributed by atoms with van der Waals surface area (Å²) in [6.45, 7) is 4.43. The van der Waals surface area contributed by atoms with Crippen LogP contribution in [0.15, 0.2) is 36.5 Å². The van der Waals surface area contributed by atoms with Crippen LogP contribution in [0, 0.1) is 11.6 Å². The summed E-state index contributed by atoms with van der Waals surface area (Å²) in [7, 11) is 0. The lowest BCUT2D eigenvalue weighted by Gasteiger charge is -2.40. The summed E-state index contributed by atoms with van der Waals surface area (Å²) in [6.07, 6.45) is 4.32. The van der Waals surface area contributed by atoms with Gasteiger partial charge in [0.15, 0.2) is 5.82 Å². The smallest absolute Gasteiger partial charge is 0.407 e. The number of benzene rings is 2. The number of carbonyl (C=O) groups is 1. The highest BCUT2D eigenvalue weighted by atomic mass is 19.1. The first-order valence-electron chi connectivity index (χ1n) is 16.5. The molecule has 12 heteroatoms. The third-order valence-electron chi connectivity index (χ3n) is 10.4. The van der Waals surface area contributed by atoms with Gasteiger partial charge in [0.05, 0.1) is 17.5 Å². The number of rotatable bonds is 3. The third kappa shape index (κ3) is 5.30. The van der Waals surface area contributed by atoms with E-state index in [1.165, 1.54) is 6.07 Å². The zero-order chi connectivity index (χ0) is 32.3. The zero-order valence-electron chi connectivity index (χ0n) is 26.3. The number of aryl methyl sites for hydroxylation is 1. The molecule has 1 N–H and O–H groups in total. The highest BCUT2D eigenvalue weighted by Crippen LogP contribution is 2.42. The van der Waals surface area contributed by atoms with Crippen molar-refractivity contribution in [3.63, 3.8) is 0 Å². The van der Waals surface area contributed by atoms with Gasteiger partial charge >= 0.3 is 12.1 Å². The molecular formula is C35H37F3N6O3. The Morgan fingerprint density at radius 1 is 1.11 bits per heavy atom. The lowest BCUT2D eigenvalue weighted by Crippen LogP contribution is -2.50. The van der Waals surface area contributed by atoms with Crippen molar-refractivity contribution in [3.8, 4) is 17.3 Å². The van der Waals surface area contributed by atoms with Crippen molar-refractivity contribution in [3.05, 3.63) is 53.7 Å². The van der Waals surface area contributed by atoms with Crippen LogP contribution in [0.25, 0.3) is 32.9 Å². The van der Waals surface area contributed by atoms with Gasteiger partial charge in [-0.25, -0.2) is 18.0 Å². The number of fused-ring (bicyclic) bond motifs is 7. The van der Waals surface area contributed by atoms with Crippen molar-refractivity contribution in [2.75, 3.05) is 44.2 Å². The second kappa shape index (κ2) is 11.5. The Morgan fingerprint density at radius 3 is 2.87 bits per heavy atom. The number of aromatic nitrogens is 3. The standard InChI is InChI=1S/C35H37F3N6O3/c1-34-11-4-14-43(19-34)31-25-17-40-29(24-7-2-6-21-9-10-26(37)23(27(21)24)8-3-13-39-33(45)47-34)28(38)30(25)41-32(42-31)46-20-35-12-5-15-44(35)18-22(36)16-35/h2,6-7,9-10,17,22H,3-5,8,11-16,18-20H2,1H3,(H,39,45)/t22-,34-,35+/m1/s1. The number of hydrogen-bond acceptors (Lipinski definition) is 8. The van der Waals surface area contributed by atoms with Crippen LogP contribution in [0.1, 0.15) is 51.0 Å². The molecule has 6 bridgehead atoms. The molecule has 5 aliphatic rings. The van der Waals surface area contributed by atoms with Gasteiger partial charge in [-0.15, -0.1) is 0 Å². The second-order valence-corrected chi connectivity index (χ2v) is 13.7. The number of hydrogen-bond donors (Lipinski definition) is 1. The molecule has 2 aromatic heterocycles. The Balaban J connectivity index is 1.30. The summed E-state index contributed by atoms with van der Waals surface area (Å²) >= 11 is 0. The Labute approximate surface area is 270 Å². The second-order valence-electron chi connectivity index (χ2n) is 13.7. The van der Waals surface area contributed by atoms with E-state index in [0.29, 0.717) is 79.5 Å². The van der Waals surface area contributed by atoms with Crippen LogP contribution in [0.4, 0.5) is 23.8 Å². The average Bonchev–Trinajstić information content (AvgIpc) is 3.58. The first-order chi connectivity index (χ1) is 22.7. The summed E-state index contributed by atoms with van der Waals surface area (Å²) in [5.41, 5.74) is -0.356. The Morgan fingerprint density at radius 2 is 1.98 bits per heavy atom. The van der Waals surface area contributed by atoms with Crippen molar-refractivity contribution >= 4 is 33.6 Å². The van der Waals surface area contributed by atoms with E-state index in [-0.39, 0.29) is 30.4 Å². The summed E-state index contributed by atoms with van der Waals surface area (Å²) < 4.78 is 59.1. The molecule has 3 atom stereocenters. The van der Waals surface area contributed by atoms with Crippen molar-refractivity contribution in [2.24, 2.45) is 0 Å². The highest BCUT2D eigenvalue weighted by Gasteiger charge is 2.49. The van der Waals surface area contributed by atoms with Crippen LogP contribution in [-0.2, 0) is 11.2 Å². The molecule has 246 valence electrons. The Bertz CT molecular complexity index is 1890. The van der Waals surface area contributed by atoms with E-state index in [4.69, 9.17) is 14.5 Å². The molecule has 9 nitrogen and oxygen atoms in total. The molecule has 3 fully saturated rings. The molecule has 47 heavy (non-hydrogen) atoms. The molecule has 0 aliphatic carbocycles. The largest absolute Gasteiger partial charge is 0.461 e. The summed E-state index contributed by atoms with van der Waals surface area (Å²) in [6, 6.07) is 8.46. The Hall–Kier alpha value is -4.19. The molecular weight excluding hydrogens is 609 g/mol. The molecule has 0 saturated carbocycles. The Kier molecular flexibility index (Phi) is 7.38. The number of halogens is 3. The van der Waals surface area contributed by atoms with Gasteiger partial charge in [0, 0.05) is 37.8 Å². The van der Waals surface area contributed by atoms with Gasteiger partial charge in [0.2, 0.25) is 0 Å². The predicted molar refractivity (Wildman–Crippen MR) is 171 cm³/mol. The normalized spacial score (nSPS) is 26.4. The molecule has 3 saturated heterocycles. The summed E-state index contributed by atoms with van der Waals surface area (Å²) in [5.74, 6) is -0.660. The maximum atomic E-state index is 16.9. The van der Waals surface area contributed by atoms with Crippen molar-refractivity contribution < 1.29 is 27.4 Å². The fourth-order valence-corrected chi connectivity index (χ4v) is 8.22. The number of pyridine rings is 1. The number of alkyl halides is 1. The average molecular weight is 647 g/mol. The van der Waals surface area contributed by atoms with E-state index in [1.807, 2.05) is 17.9 Å². The number of alkyl carbamates (subject to hydrolysis) is 1. The summed E-state index contributed by atoms with van der Waals surface area (Å²) in [5, 5.41) is 4.51. The lowest BCUT2D eigenvalue weighted by molar-refractivity contribution is 0.0147. The summed E-state index contributed by atoms with van der Waals surface area (Å²) in [4.78, 5) is 31.1. The minimum absolute atomic E-state index is 0.0133. The lowest BCUT2D eigenvalue weighted by atomic mass is 9.93. The van der Waals surface area contributed by atoms with Crippen LogP contribution in [-0.4, -0.2) is 82.6 Å². The number of nitrogens with one attached hydrogen (secondary N) is 1. The molecule has 2 aromatic carbocycles. The maximum Gasteiger partial charge on any atom is 0.407 e. The van der Waals surface area contributed by atoms with Crippen LogP contribution in [0.2, 0.25) is 0 Å². The minimum atomic E-state index is -0.923. The molecule has 0 radical (unpaired) electrons. The van der Waals surface area contributed by atoms with Crippen LogP contribution < -0.4 is 15.0 Å². The van der Waals surface area contributed by atoms with E-state index < -0.39 is 35.0 Å². The molecule has 0 spiro atoms. The van der Waals surface area contributed by atoms with Crippen molar-refractivity contribution in [1.29, 1.82) is 0 Å². The van der Waals surface area contributed by atoms with E-state index >= 15 is 8.78 Å². The SMILES string of the molecule is C[C@@]12CCCN(C1)c1nc(OC[C@@]34CCCN3C[C@H](F)C4)nc3c(F)c(ncc13)-c1cccc3ccc(F)c(c13)CCCNC(=O)O2. The number of piperidine rings is 1. The molecule has 5 aliphatic heterocycles. The first-order valence-corrected chi connectivity index (χ1v) is 16.5. The zero-order valence-corrected chi connectivity index (χ0v) is 26.3. The number of amides is 1. The van der Waals surface area contributed by atoms with E-state index in [2.05, 4.69) is 20.2 Å². The van der Waals surface area contributed by atoms with Gasteiger partial charge in [0.25, 0.3) is 0 Å². The predicted octanol–water partition coefficient (Wildman–Crippen LogP) is 6.11. The minimum Gasteiger partial charge on any atom is -0.461 e. The van der Waals surface area contributed by atoms with Gasteiger partial charge in [-0.1, -0.05) is 24.3 Å². The van der Waals surface area contributed by atoms with Gasteiger partial charge in [-0.05, 0) is 74.4 Å². The molecule has 7 heterocycles. The van der Waals surface area contributed by atoms with Crippen LogP contribution >= 0.6 is 0 Å². The van der Waals surface area contributed by atoms with Gasteiger partial charge in [-0.2, -0.15) is 9.97 Å². The molecule has 4 aromatic rings. The third-order valence-corrected chi connectivity index (χ3v) is 10.4. The first kappa shape index (κ1) is 30.2. The monoisotopic (exact) mass is 646 g/mol. The van der Waals surface area contributed by atoms with E-state index in [1.54, 1.807) is 24.4 Å².